The van der Waals surface area contributed by atoms with E-state index in [9.17, 15) is 9.90 Å². The highest BCUT2D eigenvalue weighted by Gasteiger charge is 2.28. The first-order chi connectivity index (χ1) is 10.1. The molecular formula is C16H25N3O2. The molecule has 0 radical (unpaired) electrons. The Morgan fingerprint density at radius 2 is 2.10 bits per heavy atom. The molecule has 1 aromatic carbocycles. The number of carbonyl (C=O) groups is 1. The standard InChI is InChI=1S/C16H25N3O2/c1-16(13-20,14-6-3-2-4-7-14)18-15(21)12-19-10-5-8-17-9-11-19/h2-4,6-7,17,20H,5,8-13H2,1H3,(H,18,21). The third kappa shape index (κ3) is 4.52. The Morgan fingerprint density at radius 3 is 2.81 bits per heavy atom. The van der Waals surface area contributed by atoms with Crippen LogP contribution < -0.4 is 10.6 Å². The van der Waals surface area contributed by atoms with Crippen LogP contribution in [0, 0.1) is 0 Å². The topological polar surface area (TPSA) is 64.6 Å². The van der Waals surface area contributed by atoms with Crippen LogP contribution in [0.5, 0.6) is 0 Å². The van der Waals surface area contributed by atoms with Crippen LogP contribution in [0.25, 0.3) is 0 Å². The van der Waals surface area contributed by atoms with Crippen LogP contribution in [0.1, 0.15) is 18.9 Å². The molecule has 1 amide bonds. The predicted molar refractivity (Wildman–Crippen MR) is 82.9 cm³/mol. The Labute approximate surface area is 126 Å². The summed E-state index contributed by atoms with van der Waals surface area (Å²) in [6.45, 7) is 5.86. The number of nitrogens with one attached hydrogen (secondary N) is 2. The minimum atomic E-state index is -0.734. The van der Waals surface area contributed by atoms with Crippen molar-refractivity contribution >= 4 is 5.91 Å². The third-order valence-corrected chi connectivity index (χ3v) is 3.94. The molecular weight excluding hydrogens is 266 g/mol. The molecule has 1 fully saturated rings. The summed E-state index contributed by atoms with van der Waals surface area (Å²) >= 11 is 0. The predicted octanol–water partition coefficient (Wildman–Crippen LogP) is 0.306. The maximum atomic E-state index is 12.3. The number of benzene rings is 1. The van der Waals surface area contributed by atoms with Crippen molar-refractivity contribution in [1.82, 2.24) is 15.5 Å². The van der Waals surface area contributed by atoms with Gasteiger partial charge in [0.2, 0.25) is 5.91 Å². The van der Waals surface area contributed by atoms with E-state index in [0.29, 0.717) is 6.54 Å². The van der Waals surface area contributed by atoms with E-state index in [4.69, 9.17) is 0 Å². The number of hydrogen-bond donors (Lipinski definition) is 3. The van der Waals surface area contributed by atoms with E-state index in [0.717, 1.165) is 38.2 Å². The Kier molecular flexibility index (Phi) is 5.73. The molecule has 1 heterocycles. The Balaban J connectivity index is 1.96. The number of aliphatic hydroxyl groups excluding tert-OH is 1. The Morgan fingerprint density at radius 1 is 1.33 bits per heavy atom. The zero-order chi connectivity index (χ0) is 15.1. The second-order valence-corrected chi connectivity index (χ2v) is 5.78. The first-order valence-corrected chi connectivity index (χ1v) is 7.54. The van der Waals surface area contributed by atoms with Crippen LogP contribution in [0.2, 0.25) is 0 Å². The summed E-state index contributed by atoms with van der Waals surface area (Å²) in [6.07, 6.45) is 1.06. The summed E-state index contributed by atoms with van der Waals surface area (Å²) in [4.78, 5) is 14.4. The van der Waals surface area contributed by atoms with Crippen LogP contribution >= 0.6 is 0 Å². The molecule has 1 saturated heterocycles. The summed E-state index contributed by atoms with van der Waals surface area (Å²) < 4.78 is 0. The average molecular weight is 291 g/mol. The largest absolute Gasteiger partial charge is 0.394 e. The highest BCUT2D eigenvalue weighted by Crippen LogP contribution is 2.19. The first-order valence-electron chi connectivity index (χ1n) is 7.54. The normalized spacial score (nSPS) is 19.5. The second kappa shape index (κ2) is 7.54. The van der Waals surface area contributed by atoms with Crippen LogP contribution in [0.3, 0.4) is 0 Å². The molecule has 0 spiro atoms. The van der Waals surface area contributed by atoms with Gasteiger partial charge in [0.25, 0.3) is 0 Å². The van der Waals surface area contributed by atoms with Gasteiger partial charge >= 0.3 is 0 Å². The molecule has 116 valence electrons. The lowest BCUT2D eigenvalue weighted by Gasteiger charge is -2.30. The van der Waals surface area contributed by atoms with Gasteiger partial charge < -0.3 is 15.7 Å². The summed E-state index contributed by atoms with van der Waals surface area (Å²) in [6, 6.07) is 9.60. The first kappa shape index (κ1) is 15.9. The molecule has 1 aliphatic rings. The van der Waals surface area contributed by atoms with Crippen molar-refractivity contribution in [2.45, 2.75) is 18.9 Å². The van der Waals surface area contributed by atoms with E-state index in [2.05, 4.69) is 15.5 Å². The van der Waals surface area contributed by atoms with Crippen LogP contribution in [-0.4, -0.2) is 55.2 Å². The highest BCUT2D eigenvalue weighted by atomic mass is 16.3. The van der Waals surface area contributed by atoms with Gasteiger partial charge in [-0.3, -0.25) is 9.69 Å². The van der Waals surface area contributed by atoms with Crippen LogP contribution in [0.15, 0.2) is 30.3 Å². The number of carbonyl (C=O) groups excluding carboxylic acids is 1. The summed E-state index contributed by atoms with van der Waals surface area (Å²) in [5.74, 6) is -0.0442. The van der Waals surface area contributed by atoms with E-state index >= 15 is 0 Å². The van der Waals surface area contributed by atoms with Gasteiger partial charge in [-0.25, -0.2) is 0 Å². The third-order valence-electron chi connectivity index (χ3n) is 3.94. The fourth-order valence-corrected chi connectivity index (χ4v) is 2.62. The molecule has 0 aliphatic carbocycles. The van der Waals surface area contributed by atoms with E-state index in [1.54, 1.807) is 0 Å². The van der Waals surface area contributed by atoms with Gasteiger partial charge in [-0.15, -0.1) is 0 Å². The molecule has 21 heavy (non-hydrogen) atoms. The lowest BCUT2D eigenvalue weighted by Crippen LogP contribution is -2.50. The smallest absolute Gasteiger partial charge is 0.234 e. The fraction of sp³-hybridized carbons (Fsp3) is 0.562. The maximum Gasteiger partial charge on any atom is 0.234 e. The molecule has 1 aromatic rings. The number of amides is 1. The number of nitrogens with zero attached hydrogens (tertiary/aromatic N) is 1. The molecule has 2 rings (SSSR count). The Hall–Kier alpha value is -1.43. The van der Waals surface area contributed by atoms with Crippen molar-refractivity contribution < 1.29 is 9.90 Å². The van der Waals surface area contributed by atoms with Gasteiger partial charge in [0.05, 0.1) is 18.7 Å². The molecule has 0 bridgehead atoms. The zero-order valence-electron chi connectivity index (χ0n) is 12.6. The van der Waals surface area contributed by atoms with E-state index in [-0.39, 0.29) is 12.5 Å². The molecule has 3 N–H and O–H groups in total. The van der Waals surface area contributed by atoms with E-state index < -0.39 is 5.54 Å². The zero-order valence-corrected chi connectivity index (χ0v) is 12.6. The van der Waals surface area contributed by atoms with Gasteiger partial charge in [0.15, 0.2) is 0 Å². The number of aliphatic hydroxyl groups is 1. The minimum Gasteiger partial charge on any atom is -0.394 e. The van der Waals surface area contributed by atoms with Crippen LogP contribution in [0.4, 0.5) is 0 Å². The number of hydrogen-bond acceptors (Lipinski definition) is 4. The van der Waals surface area contributed by atoms with Gasteiger partial charge in [-0.2, -0.15) is 0 Å². The lowest BCUT2D eigenvalue weighted by atomic mass is 9.93. The van der Waals surface area contributed by atoms with Gasteiger partial charge in [-0.05, 0) is 32.0 Å². The molecule has 1 aliphatic heterocycles. The SMILES string of the molecule is CC(CO)(NC(=O)CN1CCCNCC1)c1ccccc1. The highest BCUT2D eigenvalue weighted by molar-refractivity contribution is 5.79. The maximum absolute atomic E-state index is 12.3. The molecule has 1 unspecified atom stereocenters. The van der Waals surface area contributed by atoms with Crippen molar-refractivity contribution in [1.29, 1.82) is 0 Å². The number of rotatable bonds is 5. The van der Waals surface area contributed by atoms with Crippen molar-refractivity contribution in [3.05, 3.63) is 35.9 Å². The van der Waals surface area contributed by atoms with Crippen LogP contribution in [-0.2, 0) is 10.3 Å². The summed E-state index contributed by atoms with van der Waals surface area (Å²) in [5.41, 5.74) is 0.181. The fourth-order valence-electron chi connectivity index (χ4n) is 2.62. The monoisotopic (exact) mass is 291 g/mol. The van der Waals surface area contributed by atoms with Gasteiger partial charge in [0, 0.05) is 13.1 Å². The minimum absolute atomic E-state index is 0.0442. The van der Waals surface area contributed by atoms with Crippen molar-refractivity contribution in [3.8, 4) is 0 Å². The van der Waals surface area contributed by atoms with E-state index in [1.165, 1.54) is 0 Å². The quantitative estimate of drug-likeness (QED) is 0.730. The van der Waals surface area contributed by atoms with Gasteiger partial charge in [-0.1, -0.05) is 30.3 Å². The molecule has 1 atom stereocenters. The molecule has 5 nitrogen and oxygen atoms in total. The summed E-state index contributed by atoms with van der Waals surface area (Å²) in [5, 5.41) is 16.0. The van der Waals surface area contributed by atoms with E-state index in [1.807, 2.05) is 37.3 Å². The van der Waals surface area contributed by atoms with Crippen molar-refractivity contribution in [2.75, 3.05) is 39.3 Å². The molecule has 0 saturated carbocycles. The Bertz CT molecular complexity index is 444. The average Bonchev–Trinajstić information content (AvgIpc) is 2.76. The molecule has 5 heteroatoms. The molecule has 0 aromatic heterocycles. The summed E-state index contributed by atoms with van der Waals surface area (Å²) in [7, 11) is 0. The van der Waals surface area contributed by atoms with Gasteiger partial charge in [0.1, 0.15) is 0 Å². The van der Waals surface area contributed by atoms with Crippen molar-refractivity contribution in [2.24, 2.45) is 0 Å². The lowest BCUT2D eigenvalue weighted by molar-refractivity contribution is -0.124. The van der Waals surface area contributed by atoms with Crippen molar-refractivity contribution in [3.63, 3.8) is 0 Å². The second-order valence-electron chi connectivity index (χ2n) is 5.78.